The molecule has 0 aromatic heterocycles. The molecule has 0 aliphatic carbocycles. The van der Waals surface area contributed by atoms with E-state index in [9.17, 15) is 9.59 Å². The zero-order chi connectivity index (χ0) is 13.4. The van der Waals surface area contributed by atoms with Crippen LogP contribution in [0.1, 0.15) is 40.5 Å². The van der Waals surface area contributed by atoms with Crippen molar-refractivity contribution in [2.24, 2.45) is 0 Å². The SMILES string of the molecule is COCCCCOC(=O)c1cccc(C(C)=O)c1. The number of hydrogen-bond acceptors (Lipinski definition) is 4. The average Bonchev–Trinajstić information content (AvgIpc) is 2.38. The van der Waals surface area contributed by atoms with E-state index in [4.69, 9.17) is 9.47 Å². The average molecular weight is 250 g/mol. The maximum atomic E-state index is 11.7. The van der Waals surface area contributed by atoms with Gasteiger partial charge in [-0.2, -0.15) is 0 Å². The Labute approximate surface area is 107 Å². The van der Waals surface area contributed by atoms with Crippen LogP contribution in [0, 0.1) is 0 Å². The van der Waals surface area contributed by atoms with Crippen LogP contribution in [-0.4, -0.2) is 32.1 Å². The number of rotatable bonds is 7. The quantitative estimate of drug-likeness (QED) is 0.424. The standard InChI is InChI=1S/C14H18O4/c1-11(15)12-6-5-7-13(10-12)14(16)18-9-4-3-8-17-2/h5-7,10H,3-4,8-9H2,1-2H3. The Balaban J connectivity index is 2.46. The van der Waals surface area contributed by atoms with E-state index in [1.807, 2.05) is 0 Å². The lowest BCUT2D eigenvalue weighted by atomic mass is 10.1. The molecule has 0 atom stereocenters. The third kappa shape index (κ3) is 4.67. The van der Waals surface area contributed by atoms with E-state index in [0.29, 0.717) is 24.3 Å². The lowest BCUT2D eigenvalue weighted by Gasteiger charge is -2.05. The summed E-state index contributed by atoms with van der Waals surface area (Å²) in [6, 6.07) is 6.56. The van der Waals surface area contributed by atoms with Gasteiger partial charge in [-0.1, -0.05) is 12.1 Å². The summed E-state index contributed by atoms with van der Waals surface area (Å²) in [6.45, 7) is 2.50. The summed E-state index contributed by atoms with van der Waals surface area (Å²) in [6.07, 6.45) is 1.63. The molecule has 18 heavy (non-hydrogen) atoms. The Bertz CT molecular complexity index is 412. The predicted octanol–water partition coefficient (Wildman–Crippen LogP) is 2.47. The summed E-state index contributed by atoms with van der Waals surface area (Å²) in [7, 11) is 1.64. The first-order valence-corrected chi connectivity index (χ1v) is 5.92. The summed E-state index contributed by atoms with van der Waals surface area (Å²) >= 11 is 0. The van der Waals surface area contributed by atoms with Crippen LogP contribution in [-0.2, 0) is 9.47 Å². The zero-order valence-corrected chi connectivity index (χ0v) is 10.8. The number of methoxy groups -OCH3 is 1. The third-order valence-electron chi connectivity index (χ3n) is 2.48. The van der Waals surface area contributed by atoms with Crippen LogP contribution in [0.5, 0.6) is 0 Å². The van der Waals surface area contributed by atoms with Crippen molar-refractivity contribution in [2.45, 2.75) is 19.8 Å². The molecule has 1 aromatic carbocycles. The molecule has 0 aliphatic rings. The number of unbranched alkanes of at least 4 members (excludes halogenated alkanes) is 1. The highest BCUT2D eigenvalue weighted by molar-refractivity contribution is 5.97. The summed E-state index contributed by atoms with van der Waals surface area (Å²) in [5.41, 5.74) is 0.929. The predicted molar refractivity (Wildman–Crippen MR) is 67.8 cm³/mol. The van der Waals surface area contributed by atoms with E-state index in [2.05, 4.69) is 0 Å². The smallest absolute Gasteiger partial charge is 0.338 e. The van der Waals surface area contributed by atoms with E-state index >= 15 is 0 Å². The molecule has 4 nitrogen and oxygen atoms in total. The van der Waals surface area contributed by atoms with E-state index in [-0.39, 0.29) is 5.78 Å². The molecule has 0 radical (unpaired) electrons. The summed E-state index contributed by atoms with van der Waals surface area (Å²) < 4.78 is 10.0. The van der Waals surface area contributed by atoms with Gasteiger partial charge in [-0.15, -0.1) is 0 Å². The molecule has 0 spiro atoms. The molecule has 0 aliphatic heterocycles. The Kier molecular flexibility index (Phi) is 6.08. The fourth-order valence-corrected chi connectivity index (χ4v) is 1.46. The van der Waals surface area contributed by atoms with Crippen LogP contribution in [0.2, 0.25) is 0 Å². The summed E-state index contributed by atoms with van der Waals surface area (Å²) in [5, 5.41) is 0. The maximum absolute atomic E-state index is 11.7. The van der Waals surface area contributed by atoms with Crippen LogP contribution in [0.15, 0.2) is 24.3 Å². The first-order chi connectivity index (χ1) is 8.65. The van der Waals surface area contributed by atoms with Gasteiger partial charge >= 0.3 is 5.97 Å². The van der Waals surface area contributed by atoms with Crippen LogP contribution < -0.4 is 0 Å². The zero-order valence-electron chi connectivity index (χ0n) is 10.8. The van der Waals surface area contributed by atoms with Gasteiger partial charge in [-0.25, -0.2) is 4.79 Å². The van der Waals surface area contributed by atoms with Crippen molar-refractivity contribution in [2.75, 3.05) is 20.3 Å². The lowest BCUT2D eigenvalue weighted by molar-refractivity contribution is 0.0489. The van der Waals surface area contributed by atoms with Gasteiger partial charge in [0.05, 0.1) is 12.2 Å². The molecular weight excluding hydrogens is 232 g/mol. The maximum Gasteiger partial charge on any atom is 0.338 e. The van der Waals surface area contributed by atoms with E-state index in [1.54, 1.807) is 31.4 Å². The Morgan fingerprint density at radius 1 is 1.11 bits per heavy atom. The molecular formula is C14H18O4. The molecule has 98 valence electrons. The number of ether oxygens (including phenoxy) is 2. The van der Waals surface area contributed by atoms with E-state index < -0.39 is 5.97 Å². The highest BCUT2D eigenvalue weighted by atomic mass is 16.5. The summed E-state index contributed by atoms with van der Waals surface area (Å²) in [4.78, 5) is 22.9. The van der Waals surface area contributed by atoms with Gasteiger partial charge in [0.1, 0.15) is 0 Å². The molecule has 0 heterocycles. The fraction of sp³-hybridized carbons (Fsp3) is 0.429. The molecule has 0 bridgehead atoms. The number of benzene rings is 1. The molecule has 0 saturated heterocycles. The first kappa shape index (κ1) is 14.4. The number of esters is 1. The van der Waals surface area contributed by atoms with Gasteiger partial charge < -0.3 is 9.47 Å². The van der Waals surface area contributed by atoms with Gasteiger partial charge in [0, 0.05) is 19.3 Å². The van der Waals surface area contributed by atoms with Crippen molar-refractivity contribution in [3.05, 3.63) is 35.4 Å². The highest BCUT2D eigenvalue weighted by Crippen LogP contribution is 2.08. The molecule has 0 saturated carbocycles. The van der Waals surface area contributed by atoms with Crippen molar-refractivity contribution < 1.29 is 19.1 Å². The Morgan fingerprint density at radius 3 is 2.44 bits per heavy atom. The van der Waals surface area contributed by atoms with E-state index in [0.717, 1.165) is 12.8 Å². The number of hydrogen-bond donors (Lipinski definition) is 0. The second kappa shape index (κ2) is 7.61. The molecule has 0 amide bonds. The molecule has 4 heteroatoms. The Morgan fingerprint density at radius 2 is 1.78 bits per heavy atom. The molecule has 0 N–H and O–H groups in total. The van der Waals surface area contributed by atoms with Crippen molar-refractivity contribution in [3.8, 4) is 0 Å². The normalized spacial score (nSPS) is 10.1. The van der Waals surface area contributed by atoms with Gasteiger partial charge in [0.15, 0.2) is 5.78 Å². The van der Waals surface area contributed by atoms with Crippen LogP contribution >= 0.6 is 0 Å². The fourth-order valence-electron chi connectivity index (χ4n) is 1.46. The van der Waals surface area contributed by atoms with Crippen molar-refractivity contribution >= 4 is 11.8 Å². The van der Waals surface area contributed by atoms with Crippen LogP contribution in [0.25, 0.3) is 0 Å². The van der Waals surface area contributed by atoms with Crippen LogP contribution in [0.3, 0.4) is 0 Å². The monoisotopic (exact) mass is 250 g/mol. The first-order valence-electron chi connectivity index (χ1n) is 5.92. The van der Waals surface area contributed by atoms with Crippen molar-refractivity contribution in [1.29, 1.82) is 0 Å². The largest absolute Gasteiger partial charge is 0.462 e. The van der Waals surface area contributed by atoms with Gasteiger partial charge in [-0.3, -0.25) is 4.79 Å². The number of Topliss-reactive ketones (excluding diaryl/α,β-unsaturated/α-hetero) is 1. The van der Waals surface area contributed by atoms with Gasteiger partial charge in [-0.05, 0) is 31.9 Å². The van der Waals surface area contributed by atoms with Gasteiger partial charge in [0.2, 0.25) is 0 Å². The van der Waals surface area contributed by atoms with E-state index in [1.165, 1.54) is 6.92 Å². The minimum Gasteiger partial charge on any atom is -0.462 e. The highest BCUT2D eigenvalue weighted by Gasteiger charge is 2.08. The number of ketones is 1. The number of carbonyl (C=O) groups excluding carboxylic acids is 2. The van der Waals surface area contributed by atoms with Gasteiger partial charge in [0.25, 0.3) is 0 Å². The Hall–Kier alpha value is -1.68. The lowest BCUT2D eigenvalue weighted by Crippen LogP contribution is -2.08. The minimum atomic E-state index is -0.393. The van der Waals surface area contributed by atoms with Crippen LogP contribution in [0.4, 0.5) is 0 Å². The molecule has 0 fully saturated rings. The van der Waals surface area contributed by atoms with Crippen molar-refractivity contribution in [3.63, 3.8) is 0 Å². The van der Waals surface area contributed by atoms with Crippen molar-refractivity contribution in [1.82, 2.24) is 0 Å². The third-order valence-corrected chi connectivity index (χ3v) is 2.48. The molecule has 0 unspecified atom stereocenters. The second-order valence-corrected chi connectivity index (χ2v) is 3.97. The minimum absolute atomic E-state index is 0.0651. The molecule has 1 aromatic rings. The summed E-state index contributed by atoms with van der Waals surface area (Å²) in [5.74, 6) is -0.458. The second-order valence-electron chi connectivity index (χ2n) is 3.97. The number of carbonyl (C=O) groups is 2. The topological polar surface area (TPSA) is 52.6 Å². The molecule has 1 rings (SSSR count).